The highest BCUT2D eigenvalue weighted by atomic mass is 32.1. The third kappa shape index (κ3) is 2.01. The highest BCUT2D eigenvalue weighted by Gasteiger charge is 2.50. The maximum absolute atomic E-state index is 12.3. The Labute approximate surface area is 100.0 Å². The Morgan fingerprint density at radius 3 is 2.59 bits per heavy atom. The predicted molar refractivity (Wildman–Crippen MR) is 56.1 cm³/mol. The van der Waals surface area contributed by atoms with Crippen molar-refractivity contribution in [3.8, 4) is 5.19 Å². The van der Waals surface area contributed by atoms with Gasteiger partial charge in [0.05, 0.1) is 0 Å². The minimum atomic E-state index is -4.38. The molecule has 2 aliphatic rings. The second-order valence-corrected chi connectivity index (χ2v) is 5.57. The molecule has 3 nitrogen and oxygen atoms in total. The lowest BCUT2D eigenvalue weighted by Crippen LogP contribution is -2.62. The van der Waals surface area contributed by atoms with E-state index >= 15 is 0 Å². The summed E-state index contributed by atoms with van der Waals surface area (Å²) < 4.78 is 42.3. The number of nitrogens with zero attached hydrogens (tertiary/aromatic N) is 1. The number of thiazole rings is 1. The molecule has 2 fully saturated rings. The second kappa shape index (κ2) is 3.58. The van der Waals surface area contributed by atoms with Crippen LogP contribution in [-0.2, 0) is 6.18 Å². The van der Waals surface area contributed by atoms with Gasteiger partial charge in [0.2, 0.25) is 0 Å². The van der Waals surface area contributed by atoms with Gasteiger partial charge in [0, 0.05) is 23.9 Å². The van der Waals surface area contributed by atoms with Crippen LogP contribution in [0, 0.1) is 5.41 Å². The van der Waals surface area contributed by atoms with Crippen LogP contribution in [0.5, 0.6) is 5.19 Å². The first kappa shape index (κ1) is 11.3. The van der Waals surface area contributed by atoms with E-state index in [4.69, 9.17) is 4.74 Å². The summed E-state index contributed by atoms with van der Waals surface area (Å²) in [4.78, 5) is 3.45. The molecule has 1 spiro atoms. The Morgan fingerprint density at radius 1 is 1.41 bits per heavy atom. The normalized spacial score (nSPS) is 23.2. The van der Waals surface area contributed by atoms with Crippen molar-refractivity contribution >= 4 is 11.3 Å². The standard InChI is InChI=1S/C10H11F3N2OS/c11-10(12,13)7-3-17-8(15-7)16-6-1-9(2-6)4-14-5-9/h3,6,14H,1-2,4-5H2. The quantitative estimate of drug-likeness (QED) is 0.890. The summed E-state index contributed by atoms with van der Waals surface area (Å²) in [5, 5.41) is 4.32. The molecule has 1 aromatic rings. The van der Waals surface area contributed by atoms with Crippen LogP contribution in [0.3, 0.4) is 0 Å². The number of rotatable bonds is 2. The van der Waals surface area contributed by atoms with Crippen molar-refractivity contribution < 1.29 is 17.9 Å². The summed E-state index contributed by atoms with van der Waals surface area (Å²) in [5.74, 6) is 0. The fraction of sp³-hybridized carbons (Fsp3) is 0.700. The van der Waals surface area contributed by atoms with Gasteiger partial charge in [-0.1, -0.05) is 11.3 Å². The molecule has 1 saturated heterocycles. The Morgan fingerprint density at radius 2 is 2.12 bits per heavy atom. The van der Waals surface area contributed by atoms with E-state index in [1.54, 1.807) is 0 Å². The Kier molecular flexibility index (Phi) is 2.38. The molecule has 3 rings (SSSR count). The number of alkyl halides is 3. The van der Waals surface area contributed by atoms with Crippen molar-refractivity contribution in [2.45, 2.75) is 25.1 Å². The summed E-state index contributed by atoms with van der Waals surface area (Å²) in [5.41, 5.74) is -0.508. The third-order valence-corrected chi connectivity index (χ3v) is 4.09. The summed E-state index contributed by atoms with van der Waals surface area (Å²) in [6, 6.07) is 0. The Bertz CT molecular complexity index is 419. The molecular weight excluding hydrogens is 253 g/mol. The molecular formula is C10H11F3N2OS. The molecule has 1 aliphatic heterocycles. The topological polar surface area (TPSA) is 34.1 Å². The minimum absolute atomic E-state index is 0.0318. The first-order valence-electron chi connectivity index (χ1n) is 5.37. The summed E-state index contributed by atoms with van der Waals surface area (Å²) in [6.07, 6.45) is -2.51. The molecule has 0 amide bonds. The first-order chi connectivity index (χ1) is 7.97. The molecule has 1 N–H and O–H groups in total. The van der Waals surface area contributed by atoms with Crippen LogP contribution in [0.4, 0.5) is 13.2 Å². The van der Waals surface area contributed by atoms with Gasteiger partial charge < -0.3 is 10.1 Å². The monoisotopic (exact) mass is 264 g/mol. The van der Waals surface area contributed by atoms with Crippen LogP contribution >= 0.6 is 11.3 Å². The van der Waals surface area contributed by atoms with E-state index in [0.717, 1.165) is 42.6 Å². The van der Waals surface area contributed by atoms with E-state index in [0.29, 0.717) is 5.41 Å². The van der Waals surface area contributed by atoms with Gasteiger partial charge in [0.25, 0.3) is 5.19 Å². The Hall–Kier alpha value is -0.820. The number of aromatic nitrogens is 1. The summed E-state index contributed by atoms with van der Waals surface area (Å²) >= 11 is 0.911. The number of nitrogens with one attached hydrogen (secondary N) is 1. The van der Waals surface area contributed by atoms with Crippen LogP contribution in [0.25, 0.3) is 0 Å². The zero-order chi connectivity index (χ0) is 12.1. The molecule has 0 radical (unpaired) electrons. The lowest BCUT2D eigenvalue weighted by atomic mass is 9.63. The van der Waals surface area contributed by atoms with Crippen molar-refractivity contribution in [3.05, 3.63) is 11.1 Å². The van der Waals surface area contributed by atoms with Gasteiger partial charge in [-0.25, -0.2) is 0 Å². The van der Waals surface area contributed by atoms with Crippen LogP contribution in [0.2, 0.25) is 0 Å². The van der Waals surface area contributed by atoms with Gasteiger partial charge in [0.1, 0.15) is 6.10 Å². The molecule has 94 valence electrons. The van der Waals surface area contributed by atoms with Gasteiger partial charge in [-0.15, -0.1) is 0 Å². The zero-order valence-electron chi connectivity index (χ0n) is 8.88. The second-order valence-electron chi connectivity index (χ2n) is 4.75. The van der Waals surface area contributed by atoms with E-state index in [-0.39, 0.29) is 11.3 Å². The molecule has 0 unspecified atom stereocenters. The van der Waals surface area contributed by atoms with Gasteiger partial charge in [-0.2, -0.15) is 18.2 Å². The van der Waals surface area contributed by atoms with Gasteiger partial charge >= 0.3 is 6.18 Å². The maximum Gasteiger partial charge on any atom is 0.434 e. The van der Waals surface area contributed by atoms with E-state index in [2.05, 4.69) is 10.3 Å². The van der Waals surface area contributed by atoms with E-state index < -0.39 is 11.9 Å². The first-order valence-corrected chi connectivity index (χ1v) is 6.25. The molecule has 0 aromatic carbocycles. The fourth-order valence-electron chi connectivity index (χ4n) is 2.34. The molecule has 1 aromatic heterocycles. The molecule has 7 heteroatoms. The fourth-order valence-corrected chi connectivity index (χ4v) is 3.08. The Balaban J connectivity index is 1.57. The van der Waals surface area contributed by atoms with E-state index in [1.165, 1.54) is 0 Å². The zero-order valence-corrected chi connectivity index (χ0v) is 9.70. The van der Waals surface area contributed by atoms with E-state index in [1.807, 2.05) is 0 Å². The van der Waals surface area contributed by atoms with E-state index in [9.17, 15) is 13.2 Å². The number of hydrogen-bond donors (Lipinski definition) is 1. The van der Waals surface area contributed by atoms with Crippen LogP contribution in [-0.4, -0.2) is 24.2 Å². The van der Waals surface area contributed by atoms with Crippen LogP contribution < -0.4 is 10.1 Å². The molecule has 1 aliphatic carbocycles. The molecule has 17 heavy (non-hydrogen) atoms. The highest BCUT2D eigenvalue weighted by Crippen LogP contribution is 2.46. The average Bonchev–Trinajstić information content (AvgIpc) is 2.54. The van der Waals surface area contributed by atoms with Crippen molar-refractivity contribution in [3.63, 3.8) is 0 Å². The number of hydrogen-bond acceptors (Lipinski definition) is 4. The lowest BCUT2D eigenvalue weighted by molar-refractivity contribution is -0.141. The van der Waals surface area contributed by atoms with Crippen molar-refractivity contribution in [2.24, 2.45) is 5.41 Å². The van der Waals surface area contributed by atoms with Crippen LogP contribution in [0.1, 0.15) is 18.5 Å². The van der Waals surface area contributed by atoms with Crippen molar-refractivity contribution in [1.82, 2.24) is 10.3 Å². The summed E-state index contributed by atoms with van der Waals surface area (Å²) in [6.45, 7) is 2.00. The maximum atomic E-state index is 12.3. The molecule has 1 saturated carbocycles. The largest absolute Gasteiger partial charge is 0.467 e. The van der Waals surface area contributed by atoms with Gasteiger partial charge in [-0.3, -0.25) is 0 Å². The van der Waals surface area contributed by atoms with Crippen molar-refractivity contribution in [1.29, 1.82) is 0 Å². The third-order valence-electron chi connectivity index (χ3n) is 3.36. The van der Waals surface area contributed by atoms with Gasteiger partial charge in [0.15, 0.2) is 5.69 Å². The number of halogens is 3. The van der Waals surface area contributed by atoms with Crippen LogP contribution in [0.15, 0.2) is 5.38 Å². The minimum Gasteiger partial charge on any atom is -0.467 e. The average molecular weight is 264 g/mol. The van der Waals surface area contributed by atoms with Crippen molar-refractivity contribution in [2.75, 3.05) is 13.1 Å². The smallest absolute Gasteiger partial charge is 0.434 e. The molecule has 0 bridgehead atoms. The highest BCUT2D eigenvalue weighted by molar-refractivity contribution is 7.11. The lowest BCUT2D eigenvalue weighted by Gasteiger charge is -2.53. The summed E-state index contributed by atoms with van der Waals surface area (Å²) in [7, 11) is 0. The number of ether oxygens (including phenoxy) is 1. The SMILES string of the molecule is FC(F)(F)c1csc(OC2CC3(CNC3)C2)n1. The predicted octanol–water partition coefficient (Wildman–Crippen LogP) is 2.29. The molecule has 0 atom stereocenters. The molecule has 2 heterocycles. The van der Waals surface area contributed by atoms with Gasteiger partial charge in [-0.05, 0) is 12.8 Å².